The summed E-state index contributed by atoms with van der Waals surface area (Å²) in [5.74, 6) is 3.53. The van der Waals surface area contributed by atoms with E-state index in [4.69, 9.17) is 0 Å². The maximum absolute atomic E-state index is 12.8. The van der Waals surface area contributed by atoms with Gasteiger partial charge in [-0.3, -0.25) is 4.79 Å². The SMILES string of the molecule is C[C@]12CC=C(c3ccc(-c4c5ccccc5cc5ccccc45)s3)C[C@@H]1CC[C@@H]1[C@@H]2CC[C@]2(C)C(=O)CC[C@@H]12. The van der Waals surface area contributed by atoms with Gasteiger partial charge in [-0.05, 0) is 119 Å². The van der Waals surface area contributed by atoms with Crippen molar-refractivity contribution < 1.29 is 4.79 Å². The molecule has 0 radical (unpaired) electrons. The van der Waals surface area contributed by atoms with Gasteiger partial charge in [-0.1, -0.05) is 68.5 Å². The van der Waals surface area contributed by atoms with Crippen LogP contribution in [0, 0.1) is 34.5 Å². The zero-order valence-electron chi connectivity index (χ0n) is 23.2. The number of hydrogen-bond acceptors (Lipinski definition) is 2. The van der Waals surface area contributed by atoms with Crippen molar-refractivity contribution >= 4 is 44.2 Å². The summed E-state index contributed by atoms with van der Waals surface area (Å²) in [7, 11) is 0. The number of Topliss-reactive ketones (excluding diaryl/α,β-unsaturated/α-hetero) is 1. The molecule has 3 fully saturated rings. The van der Waals surface area contributed by atoms with Crippen LogP contribution in [-0.4, -0.2) is 5.78 Å². The molecule has 1 heterocycles. The largest absolute Gasteiger partial charge is 0.299 e. The third-order valence-corrected chi connectivity index (χ3v) is 13.1. The fraction of sp³-hybridized carbons (Fsp3) is 0.432. The summed E-state index contributed by atoms with van der Waals surface area (Å²) >= 11 is 1.99. The van der Waals surface area contributed by atoms with Gasteiger partial charge in [0, 0.05) is 27.2 Å². The van der Waals surface area contributed by atoms with Crippen molar-refractivity contribution in [1.29, 1.82) is 0 Å². The van der Waals surface area contributed by atoms with Crippen LogP contribution in [0.2, 0.25) is 0 Å². The van der Waals surface area contributed by atoms with E-state index in [0.717, 1.165) is 37.0 Å². The number of carbonyl (C=O) groups excluding carboxylic acids is 1. The predicted octanol–water partition coefficient (Wildman–Crippen LogP) is 10.3. The number of thiophene rings is 1. The lowest BCUT2D eigenvalue weighted by Crippen LogP contribution is -2.52. The molecule has 6 atom stereocenters. The zero-order valence-corrected chi connectivity index (χ0v) is 24.0. The third-order valence-electron chi connectivity index (χ3n) is 12.0. The van der Waals surface area contributed by atoms with E-state index in [-0.39, 0.29) is 5.41 Å². The van der Waals surface area contributed by atoms with Gasteiger partial charge in [0.05, 0.1) is 0 Å². The quantitative estimate of drug-likeness (QED) is 0.236. The van der Waals surface area contributed by atoms with Crippen LogP contribution >= 0.6 is 11.3 Å². The molecule has 0 unspecified atom stereocenters. The minimum Gasteiger partial charge on any atom is -0.299 e. The second-order valence-electron chi connectivity index (χ2n) is 13.6. The van der Waals surface area contributed by atoms with Crippen LogP contribution in [0.5, 0.6) is 0 Å². The Labute approximate surface area is 236 Å². The molecule has 0 amide bonds. The van der Waals surface area contributed by atoms with E-state index in [1.807, 2.05) is 11.3 Å². The minimum atomic E-state index is -0.0147. The minimum absolute atomic E-state index is 0.0147. The molecule has 8 rings (SSSR count). The van der Waals surface area contributed by atoms with Crippen molar-refractivity contribution in [1.82, 2.24) is 0 Å². The Hall–Kier alpha value is -2.71. The van der Waals surface area contributed by atoms with Gasteiger partial charge in [0.25, 0.3) is 0 Å². The first-order valence-corrected chi connectivity index (χ1v) is 16.0. The van der Waals surface area contributed by atoms with Crippen molar-refractivity contribution in [2.45, 2.75) is 65.2 Å². The molecule has 1 aromatic heterocycles. The molecular formula is C37H38OS. The van der Waals surface area contributed by atoms with E-state index in [1.165, 1.54) is 69.0 Å². The third kappa shape index (κ3) is 3.46. The molecule has 0 aliphatic heterocycles. The van der Waals surface area contributed by atoms with E-state index in [9.17, 15) is 4.79 Å². The normalized spacial score (nSPS) is 34.0. The number of fused-ring (bicyclic) bond motifs is 7. The molecule has 1 nitrogen and oxygen atoms in total. The lowest BCUT2D eigenvalue weighted by Gasteiger charge is -2.59. The predicted molar refractivity (Wildman–Crippen MR) is 165 cm³/mol. The summed E-state index contributed by atoms with van der Waals surface area (Å²) in [6.07, 6.45) is 12.1. The Morgan fingerprint density at radius 1 is 0.795 bits per heavy atom. The summed E-state index contributed by atoms with van der Waals surface area (Å²) < 4.78 is 0. The number of allylic oxidation sites excluding steroid dienone is 2. The first-order valence-electron chi connectivity index (χ1n) is 15.2. The maximum Gasteiger partial charge on any atom is 0.139 e. The van der Waals surface area contributed by atoms with Crippen molar-refractivity contribution in [3.63, 3.8) is 0 Å². The number of hydrogen-bond donors (Lipinski definition) is 0. The van der Waals surface area contributed by atoms with Crippen molar-refractivity contribution in [3.8, 4) is 10.4 Å². The molecule has 0 spiro atoms. The van der Waals surface area contributed by atoms with Gasteiger partial charge in [-0.2, -0.15) is 0 Å². The van der Waals surface area contributed by atoms with Crippen LogP contribution < -0.4 is 0 Å². The summed E-state index contributed by atoms with van der Waals surface area (Å²) in [5, 5.41) is 5.34. The number of ketones is 1. The standard InChI is InChI=1S/C37H38OS/c1-36-19-17-25(22-26(36)11-12-29-30-13-16-34(38)37(30,2)20-18-31(29)36)32-14-15-33(39-32)35-27-9-5-3-7-23(27)21-24-8-4-6-10-28(24)35/h3-10,14-15,17,21,26,29-31H,11-13,16,18-20,22H2,1-2H3/t26-,29-,30-,31-,36-,37-/m0/s1. The van der Waals surface area contributed by atoms with Gasteiger partial charge < -0.3 is 0 Å². The van der Waals surface area contributed by atoms with Gasteiger partial charge in [0.2, 0.25) is 0 Å². The molecule has 4 aliphatic rings. The van der Waals surface area contributed by atoms with Crippen LogP contribution in [0.25, 0.3) is 37.6 Å². The van der Waals surface area contributed by atoms with E-state index in [1.54, 1.807) is 5.57 Å². The molecule has 39 heavy (non-hydrogen) atoms. The molecule has 0 bridgehead atoms. The van der Waals surface area contributed by atoms with Gasteiger partial charge >= 0.3 is 0 Å². The van der Waals surface area contributed by atoms with Gasteiger partial charge in [0.1, 0.15) is 5.78 Å². The van der Waals surface area contributed by atoms with Crippen molar-refractivity contribution in [2.24, 2.45) is 34.5 Å². The van der Waals surface area contributed by atoms with Crippen molar-refractivity contribution in [2.75, 3.05) is 0 Å². The molecule has 198 valence electrons. The van der Waals surface area contributed by atoms with Crippen molar-refractivity contribution in [3.05, 3.63) is 77.7 Å². The smallest absolute Gasteiger partial charge is 0.139 e. The summed E-state index contributed by atoms with van der Waals surface area (Å²) in [5.41, 5.74) is 3.34. The Balaban J connectivity index is 1.13. The van der Waals surface area contributed by atoms with Gasteiger partial charge in [-0.15, -0.1) is 11.3 Å². The second-order valence-corrected chi connectivity index (χ2v) is 14.7. The second kappa shape index (κ2) is 8.64. The monoisotopic (exact) mass is 530 g/mol. The van der Waals surface area contributed by atoms with Crippen LogP contribution in [0.4, 0.5) is 0 Å². The molecule has 0 saturated heterocycles. The summed E-state index contributed by atoms with van der Waals surface area (Å²) in [6, 6.07) is 24.8. The first-order chi connectivity index (χ1) is 19.0. The number of benzene rings is 3. The average Bonchev–Trinajstić information content (AvgIpc) is 3.56. The van der Waals surface area contributed by atoms with E-state index in [0.29, 0.717) is 17.1 Å². The zero-order chi connectivity index (χ0) is 26.4. The Morgan fingerprint density at radius 3 is 2.28 bits per heavy atom. The Bertz CT molecular complexity index is 1600. The molecule has 4 aliphatic carbocycles. The van der Waals surface area contributed by atoms with Gasteiger partial charge in [0.15, 0.2) is 0 Å². The molecule has 3 aromatic carbocycles. The molecule has 0 N–H and O–H groups in total. The highest BCUT2D eigenvalue weighted by Gasteiger charge is 2.59. The highest BCUT2D eigenvalue weighted by molar-refractivity contribution is 7.16. The maximum atomic E-state index is 12.8. The Morgan fingerprint density at radius 2 is 1.51 bits per heavy atom. The highest BCUT2D eigenvalue weighted by Crippen LogP contribution is 2.65. The number of carbonyl (C=O) groups is 1. The van der Waals surface area contributed by atoms with Crippen LogP contribution in [0.1, 0.15) is 70.1 Å². The van der Waals surface area contributed by atoms with Crippen LogP contribution in [0.3, 0.4) is 0 Å². The fourth-order valence-corrected chi connectivity index (χ4v) is 10.9. The topological polar surface area (TPSA) is 17.1 Å². The lowest BCUT2D eigenvalue weighted by atomic mass is 9.45. The van der Waals surface area contributed by atoms with E-state index >= 15 is 0 Å². The molecular weight excluding hydrogens is 492 g/mol. The Kier molecular flexibility index (Phi) is 5.34. The molecule has 3 saturated carbocycles. The number of rotatable bonds is 2. The van der Waals surface area contributed by atoms with E-state index in [2.05, 4.69) is 86.7 Å². The average molecular weight is 531 g/mol. The fourth-order valence-electron chi connectivity index (χ4n) is 9.78. The van der Waals surface area contributed by atoms with Gasteiger partial charge in [-0.25, -0.2) is 0 Å². The molecule has 2 heteroatoms. The van der Waals surface area contributed by atoms with Crippen LogP contribution in [0.15, 0.2) is 72.8 Å². The van der Waals surface area contributed by atoms with Crippen LogP contribution in [-0.2, 0) is 4.79 Å². The lowest BCUT2D eigenvalue weighted by molar-refractivity contribution is -0.136. The summed E-state index contributed by atoms with van der Waals surface area (Å²) in [4.78, 5) is 15.7. The summed E-state index contributed by atoms with van der Waals surface area (Å²) in [6.45, 7) is 4.92. The molecule has 4 aromatic rings. The highest BCUT2D eigenvalue weighted by atomic mass is 32.1. The first kappa shape index (κ1) is 24.1. The van der Waals surface area contributed by atoms with E-state index < -0.39 is 0 Å².